The lowest BCUT2D eigenvalue weighted by Gasteiger charge is -2.37. The van der Waals surface area contributed by atoms with Crippen LogP contribution in [0.4, 0.5) is 35.0 Å². The molecule has 1 unspecified atom stereocenters. The van der Waals surface area contributed by atoms with Crippen molar-refractivity contribution in [3.8, 4) is 16.2 Å². The van der Waals surface area contributed by atoms with E-state index in [1.807, 2.05) is 55.5 Å². The number of aryl methyl sites for hydroxylation is 1. The predicted octanol–water partition coefficient (Wildman–Crippen LogP) is 6.96. The van der Waals surface area contributed by atoms with Crippen LogP contribution in [0.3, 0.4) is 0 Å². The maximum atomic E-state index is 15.2. The number of alkyl halides is 4. The molecule has 388 valence electrons. The van der Waals surface area contributed by atoms with E-state index in [1.54, 1.807) is 53.8 Å². The van der Waals surface area contributed by atoms with Crippen molar-refractivity contribution >= 4 is 64.2 Å². The van der Waals surface area contributed by atoms with Crippen molar-refractivity contribution in [3.05, 3.63) is 112 Å². The second-order valence-electron chi connectivity index (χ2n) is 19.0. The van der Waals surface area contributed by atoms with Crippen molar-refractivity contribution in [2.24, 2.45) is 0 Å². The largest absolute Gasteiger partial charge is 0.495 e. The minimum Gasteiger partial charge on any atom is -0.495 e. The van der Waals surface area contributed by atoms with Crippen molar-refractivity contribution in [2.45, 2.75) is 93.7 Å². The summed E-state index contributed by atoms with van der Waals surface area (Å²) >= 11 is 2.96. The Morgan fingerprint density at radius 1 is 0.959 bits per heavy atom. The zero-order valence-corrected chi connectivity index (χ0v) is 42.6. The minimum atomic E-state index is -4.64. The number of methoxy groups -OCH3 is 1. The van der Waals surface area contributed by atoms with Crippen LogP contribution in [0.25, 0.3) is 10.4 Å². The molecule has 0 radical (unpaired) electrons. The van der Waals surface area contributed by atoms with Gasteiger partial charge in [-0.15, -0.1) is 23.1 Å². The van der Waals surface area contributed by atoms with Gasteiger partial charge < -0.3 is 40.9 Å². The molecule has 73 heavy (non-hydrogen) atoms. The van der Waals surface area contributed by atoms with Crippen LogP contribution in [0.5, 0.6) is 5.75 Å². The number of thiazole rings is 1. The van der Waals surface area contributed by atoms with E-state index in [2.05, 4.69) is 41.1 Å². The Kier molecular flexibility index (Phi) is 16.0. The smallest absolute Gasteiger partial charge is 0.421 e. The number of piperazine rings is 1. The van der Waals surface area contributed by atoms with E-state index in [0.29, 0.717) is 55.9 Å². The maximum absolute atomic E-state index is 15.2. The highest BCUT2D eigenvalue weighted by Gasteiger charge is 2.54. The lowest BCUT2D eigenvalue weighted by atomic mass is 10.00. The molecule has 0 spiro atoms. The van der Waals surface area contributed by atoms with Crippen LogP contribution < -0.4 is 26.0 Å². The first-order valence-corrected chi connectivity index (χ1v) is 25.7. The van der Waals surface area contributed by atoms with Crippen LogP contribution in [0.1, 0.15) is 71.4 Å². The Balaban J connectivity index is 0.841. The molecule has 1 aliphatic carbocycles. The Bertz CT molecular complexity index is 2800. The number of likely N-dealkylation sites (tertiary alicyclic amines) is 1. The molecule has 5 aromatic rings. The van der Waals surface area contributed by atoms with E-state index in [9.17, 15) is 37.5 Å². The van der Waals surface area contributed by atoms with Crippen molar-refractivity contribution in [3.63, 3.8) is 0 Å². The summed E-state index contributed by atoms with van der Waals surface area (Å²) in [5.74, 6) is -1.83. The second kappa shape index (κ2) is 22.0. The number of hydrogen-bond donors (Lipinski definition) is 5. The molecule has 4 amide bonds. The molecule has 3 aromatic carbocycles. The second-order valence-corrected chi connectivity index (χ2v) is 21.5. The number of amides is 4. The SMILES string of the molecule is CNc1nc(Nc2ccc(C(=O)N3CCN(Cc4ccc(CSC(C)(C)C(NC(=O)C5(F)CC5)C(=O)N5C[C@H](O)C[C@H]5C(=O)NCc5ccc(-c6scnc6C)cc5)cc4)CC3)cc2OC)ncc1C(F)(F)F. The van der Waals surface area contributed by atoms with Gasteiger partial charge in [0.1, 0.15) is 29.2 Å². The fraction of sp³-hybridized carbons (Fsp3) is 0.431. The predicted molar refractivity (Wildman–Crippen MR) is 271 cm³/mol. The Labute approximate surface area is 428 Å². The summed E-state index contributed by atoms with van der Waals surface area (Å²) in [6.45, 7) is 8.47. The average Bonchev–Trinajstić information content (AvgIpc) is 3.79. The van der Waals surface area contributed by atoms with Crippen molar-refractivity contribution in [1.29, 1.82) is 0 Å². The number of benzene rings is 3. The molecule has 2 aromatic heterocycles. The van der Waals surface area contributed by atoms with Crippen LogP contribution in [0, 0.1) is 6.92 Å². The van der Waals surface area contributed by atoms with E-state index in [1.165, 1.54) is 30.8 Å². The molecular formula is C51H58F4N10O6S2. The van der Waals surface area contributed by atoms with Gasteiger partial charge in [0.2, 0.25) is 17.8 Å². The number of thioether (sulfide) groups is 1. The van der Waals surface area contributed by atoms with Crippen molar-refractivity contribution in [2.75, 3.05) is 57.5 Å². The first kappa shape index (κ1) is 52.9. The Morgan fingerprint density at radius 3 is 2.27 bits per heavy atom. The molecule has 1 saturated carbocycles. The zero-order chi connectivity index (χ0) is 52.2. The van der Waals surface area contributed by atoms with Crippen LogP contribution in [-0.2, 0) is 39.4 Å². The van der Waals surface area contributed by atoms with Gasteiger partial charge in [-0.1, -0.05) is 48.5 Å². The average molecular weight is 1050 g/mol. The lowest BCUT2D eigenvalue weighted by Crippen LogP contribution is -2.61. The fourth-order valence-electron chi connectivity index (χ4n) is 8.79. The van der Waals surface area contributed by atoms with Gasteiger partial charge in [0.15, 0.2) is 5.67 Å². The maximum Gasteiger partial charge on any atom is 0.421 e. The highest BCUT2D eigenvalue weighted by atomic mass is 32.2. The van der Waals surface area contributed by atoms with E-state index < -0.39 is 63.9 Å². The lowest BCUT2D eigenvalue weighted by molar-refractivity contribution is -0.143. The number of β-amino-alcohol motifs (C(OH)–C–C–N with tert-alkyl or cyclic N) is 1. The standard InChI is InChI=1S/C51H58F4N10O6S2/c1-30-41(72-29-59-30)34-12-10-31(11-13-34)24-57-44(67)39-23-36(66)27-65(39)46(69)42(61-47(70)50(52)16-17-50)49(2,3)73-28-33-8-6-32(7-9-33)26-63-18-20-64(21-19-63)45(68)35-14-15-38(40(22-35)71-5)60-48-58-25-37(51(53,54)55)43(56-4)62-48/h6-15,22,25,29,36,39,42,66H,16-21,23-24,26-28H2,1-5H3,(H,57,67)(H,61,70)(H2,56,58,60,62)/t36-,39+,42?/m1/s1. The van der Waals surface area contributed by atoms with Gasteiger partial charge in [-0.3, -0.25) is 24.1 Å². The number of nitrogens with one attached hydrogen (secondary N) is 4. The monoisotopic (exact) mass is 1050 g/mol. The van der Waals surface area contributed by atoms with Gasteiger partial charge >= 0.3 is 6.18 Å². The summed E-state index contributed by atoms with van der Waals surface area (Å²) in [6.07, 6.45) is -4.78. The number of carbonyl (C=O) groups is 4. The van der Waals surface area contributed by atoms with Crippen LogP contribution in [-0.4, -0.2) is 134 Å². The third kappa shape index (κ3) is 12.5. The van der Waals surface area contributed by atoms with Crippen LogP contribution >= 0.6 is 23.1 Å². The third-order valence-corrected chi connectivity index (χ3v) is 15.8. The van der Waals surface area contributed by atoms with Gasteiger partial charge in [0, 0.05) is 81.5 Å². The number of halogens is 4. The van der Waals surface area contributed by atoms with Gasteiger partial charge in [-0.05, 0) is 74.1 Å². The molecule has 0 bridgehead atoms. The Morgan fingerprint density at radius 2 is 1.64 bits per heavy atom. The molecule has 2 aliphatic heterocycles. The van der Waals surface area contributed by atoms with Gasteiger partial charge in [0.25, 0.3) is 11.8 Å². The molecule has 3 fully saturated rings. The highest BCUT2D eigenvalue weighted by molar-refractivity contribution is 7.99. The molecule has 22 heteroatoms. The number of nitrogens with zero attached hydrogens (tertiary/aromatic N) is 6. The molecule has 4 heterocycles. The first-order chi connectivity index (χ1) is 34.7. The molecule has 3 aliphatic rings. The number of anilines is 3. The molecule has 3 atom stereocenters. The van der Waals surface area contributed by atoms with E-state index >= 15 is 4.39 Å². The summed E-state index contributed by atoms with van der Waals surface area (Å²) in [6, 6.07) is 18.3. The van der Waals surface area contributed by atoms with Crippen LogP contribution in [0.2, 0.25) is 0 Å². The van der Waals surface area contributed by atoms with Crippen LogP contribution in [0.15, 0.2) is 78.4 Å². The van der Waals surface area contributed by atoms with Gasteiger partial charge in [0.05, 0.1) is 35.0 Å². The molecule has 2 saturated heterocycles. The quantitative estimate of drug-likeness (QED) is 0.0567. The molecule has 8 rings (SSSR count). The summed E-state index contributed by atoms with van der Waals surface area (Å²) in [4.78, 5) is 73.5. The summed E-state index contributed by atoms with van der Waals surface area (Å²) in [5, 5.41) is 21.7. The Hall–Kier alpha value is -6.36. The molecule has 16 nitrogen and oxygen atoms in total. The molecular weight excluding hydrogens is 989 g/mol. The molecule has 5 N–H and O–H groups in total. The number of rotatable bonds is 18. The summed E-state index contributed by atoms with van der Waals surface area (Å²) in [5.41, 5.74) is 4.28. The normalized spacial score (nSPS) is 18.2. The third-order valence-electron chi connectivity index (χ3n) is 13.3. The highest BCUT2D eigenvalue weighted by Crippen LogP contribution is 2.42. The van der Waals surface area contributed by atoms with E-state index in [4.69, 9.17) is 4.74 Å². The first-order valence-electron chi connectivity index (χ1n) is 23.8. The summed E-state index contributed by atoms with van der Waals surface area (Å²) in [7, 11) is 2.75. The number of carbonyl (C=O) groups excluding carboxylic acids is 4. The number of aliphatic hydroxyl groups excluding tert-OH is 1. The topological polar surface area (TPSA) is 194 Å². The van der Waals surface area contributed by atoms with Gasteiger partial charge in [-0.2, -0.15) is 18.2 Å². The van der Waals surface area contributed by atoms with Crippen molar-refractivity contribution < 1.29 is 46.6 Å². The fourth-order valence-corrected chi connectivity index (χ4v) is 10.7. The number of ether oxygens (including phenoxy) is 1. The summed E-state index contributed by atoms with van der Waals surface area (Å²) < 4.78 is 59.7. The van der Waals surface area contributed by atoms with E-state index in [-0.39, 0.29) is 50.0 Å². The number of aromatic nitrogens is 3. The van der Waals surface area contributed by atoms with Crippen molar-refractivity contribution in [1.82, 2.24) is 40.3 Å². The van der Waals surface area contributed by atoms with E-state index in [0.717, 1.165) is 32.8 Å². The van der Waals surface area contributed by atoms with Gasteiger partial charge in [-0.25, -0.2) is 14.4 Å². The minimum absolute atomic E-state index is 0.0152. The zero-order valence-electron chi connectivity index (χ0n) is 41.0. The number of aliphatic hydroxyl groups is 1. The number of hydrogen-bond acceptors (Lipinski definition) is 14.